The molecule has 3 N–H and O–H groups in total. The lowest BCUT2D eigenvalue weighted by molar-refractivity contribution is 0.0961. The lowest BCUT2D eigenvalue weighted by atomic mass is 10.0. The van der Waals surface area contributed by atoms with Crippen LogP contribution in [0.15, 0.2) is 28.2 Å². The molecule has 8 nitrogen and oxygen atoms in total. The number of carbonyl (C=O) groups is 2. The SMILES string of the molecule is COc1cc2c(cc1C(=O)CSc1nc(N)cc(=O)[nH]1)C(=O)CO2. The summed E-state index contributed by atoms with van der Waals surface area (Å²) in [6, 6.07) is 4.15. The van der Waals surface area contributed by atoms with Gasteiger partial charge >= 0.3 is 0 Å². The zero-order valence-electron chi connectivity index (χ0n) is 12.6. The number of nitrogens with zero attached hydrogens (tertiary/aromatic N) is 1. The average molecular weight is 347 g/mol. The molecule has 0 saturated carbocycles. The molecular formula is C15H13N3O5S. The molecule has 9 heteroatoms. The summed E-state index contributed by atoms with van der Waals surface area (Å²) in [5.74, 6) is 0.342. The summed E-state index contributed by atoms with van der Waals surface area (Å²) in [5, 5.41) is 0.243. The number of hydrogen-bond acceptors (Lipinski definition) is 8. The highest BCUT2D eigenvalue weighted by Gasteiger charge is 2.26. The minimum absolute atomic E-state index is 0.00339. The van der Waals surface area contributed by atoms with Crippen molar-refractivity contribution < 1.29 is 19.1 Å². The molecule has 1 aliphatic rings. The van der Waals surface area contributed by atoms with Crippen LogP contribution in [0.25, 0.3) is 0 Å². The van der Waals surface area contributed by atoms with E-state index in [9.17, 15) is 14.4 Å². The number of benzene rings is 1. The zero-order valence-corrected chi connectivity index (χ0v) is 13.4. The highest BCUT2D eigenvalue weighted by atomic mass is 32.2. The summed E-state index contributed by atoms with van der Waals surface area (Å²) in [6.45, 7) is -0.0423. The van der Waals surface area contributed by atoms with Gasteiger partial charge in [-0.2, -0.15) is 0 Å². The lowest BCUT2D eigenvalue weighted by Gasteiger charge is -2.09. The molecule has 124 valence electrons. The van der Waals surface area contributed by atoms with Gasteiger partial charge in [-0.05, 0) is 6.07 Å². The molecule has 0 bridgehead atoms. The van der Waals surface area contributed by atoms with E-state index in [4.69, 9.17) is 15.2 Å². The van der Waals surface area contributed by atoms with Crippen molar-refractivity contribution in [3.8, 4) is 11.5 Å². The van der Waals surface area contributed by atoms with Crippen LogP contribution >= 0.6 is 11.8 Å². The topological polar surface area (TPSA) is 124 Å². The van der Waals surface area contributed by atoms with Crippen LogP contribution in [0.2, 0.25) is 0 Å². The van der Waals surface area contributed by atoms with Crippen LogP contribution in [0, 0.1) is 0 Å². The number of carbonyl (C=O) groups excluding carboxylic acids is 2. The minimum Gasteiger partial charge on any atom is -0.496 e. The maximum atomic E-state index is 12.5. The number of fused-ring (bicyclic) bond motifs is 1. The quantitative estimate of drug-likeness (QED) is 0.464. The third kappa shape index (κ3) is 3.11. The molecule has 0 saturated heterocycles. The van der Waals surface area contributed by atoms with Gasteiger partial charge in [0.1, 0.15) is 17.3 Å². The molecule has 1 aromatic heterocycles. The summed E-state index contributed by atoms with van der Waals surface area (Å²) in [6.07, 6.45) is 0. The fourth-order valence-electron chi connectivity index (χ4n) is 2.24. The number of aromatic nitrogens is 2. The second-order valence-electron chi connectivity index (χ2n) is 4.95. The summed E-state index contributed by atoms with van der Waals surface area (Å²) < 4.78 is 10.4. The molecule has 0 atom stereocenters. The molecule has 0 unspecified atom stereocenters. The first-order chi connectivity index (χ1) is 11.5. The number of Topliss-reactive ketones (excluding diaryl/α,β-unsaturated/α-hetero) is 2. The van der Waals surface area contributed by atoms with Crippen LogP contribution in [0.3, 0.4) is 0 Å². The molecule has 3 rings (SSSR count). The third-order valence-electron chi connectivity index (χ3n) is 3.34. The first-order valence-electron chi connectivity index (χ1n) is 6.89. The van der Waals surface area contributed by atoms with Crippen molar-refractivity contribution in [1.29, 1.82) is 0 Å². The van der Waals surface area contributed by atoms with Crippen LogP contribution in [-0.2, 0) is 0 Å². The fraction of sp³-hybridized carbons (Fsp3) is 0.200. The number of H-pyrrole nitrogens is 1. The molecule has 0 fully saturated rings. The number of anilines is 1. The molecule has 1 aromatic carbocycles. The van der Waals surface area contributed by atoms with E-state index in [-0.39, 0.29) is 40.5 Å². The van der Waals surface area contributed by atoms with Crippen molar-refractivity contribution >= 4 is 29.1 Å². The first kappa shape index (κ1) is 16.1. The Morgan fingerprint density at radius 3 is 2.92 bits per heavy atom. The molecular weight excluding hydrogens is 334 g/mol. The van der Waals surface area contributed by atoms with Crippen molar-refractivity contribution in [2.24, 2.45) is 0 Å². The number of nitrogens with two attached hydrogens (primary N) is 1. The molecule has 1 aliphatic heterocycles. The van der Waals surface area contributed by atoms with Crippen LogP contribution < -0.4 is 20.8 Å². The molecule has 0 amide bonds. The van der Waals surface area contributed by atoms with E-state index >= 15 is 0 Å². The van der Waals surface area contributed by atoms with Crippen molar-refractivity contribution in [3.05, 3.63) is 39.7 Å². The van der Waals surface area contributed by atoms with E-state index in [1.54, 1.807) is 0 Å². The van der Waals surface area contributed by atoms with Gasteiger partial charge in [-0.25, -0.2) is 4.98 Å². The monoisotopic (exact) mass is 347 g/mol. The van der Waals surface area contributed by atoms with Gasteiger partial charge in [-0.3, -0.25) is 14.4 Å². The average Bonchev–Trinajstić information content (AvgIpc) is 2.91. The molecule has 24 heavy (non-hydrogen) atoms. The van der Waals surface area contributed by atoms with Crippen molar-refractivity contribution in [3.63, 3.8) is 0 Å². The standard InChI is InChI=1S/C15H13N3O5S/c1-22-11-3-12-7(9(19)5-23-12)2-8(11)10(20)6-24-15-17-13(16)4-14(21)18-15/h2-4H,5-6H2,1H3,(H3,16,17,18,21). The Bertz CT molecular complexity index is 893. The fourth-order valence-corrected chi connectivity index (χ4v) is 3.01. The maximum Gasteiger partial charge on any atom is 0.253 e. The number of nitrogens with one attached hydrogen (secondary N) is 1. The first-order valence-corrected chi connectivity index (χ1v) is 7.87. The molecule has 2 aromatic rings. The number of thioether (sulfide) groups is 1. The van der Waals surface area contributed by atoms with Gasteiger partial charge in [0.2, 0.25) is 5.78 Å². The lowest BCUT2D eigenvalue weighted by Crippen LogP contribution is -2.11. The number of aromatic amines is 1. The van der Waals surface area contributed by atoms with Gasteiger partial charge in [-0.15, -0.1) is 0 Å². The van der Waals surface area contributed by atoms with E-state index in [2.05, 4.69) is 9.97 Å². The normalized spacial score (nSPS) is 12.6. The number of ether oxygens (including phenoxy) is 2. The predicted molar refractivity (Wildman–Crippen MR) is 87.1 cm³/mol. The van der Waals surface area contributed by atoms with E-state index in [1.807, 2.05) is 0 Å². The van der Waals surface area contributed by atoms with Crippen LogP contribution in [0.1, 0.15) is 20.7 Å². The maximum absolute atomic E-state index is 12.5. The number of hydrogen-bond donors (Lipinski definition) is 2. The molecule has 0 aliphatic carbocycles. The molecule has 0 radical (unpaired) electrons. The zero-order chi connectivity index (χ0) is 17.3. The second kappa shape index (κ2) is 6.36. The van der Waals surface area contributed by atoms with E-state index < -0.39 is 5.56 Å². The Morgan fingerprint density at radius 2 is 2.21 bits per heavy atom. The number of ketones is 2. The summed E-state index contributed by atoms with van der Waals surface area (Å²) in [5.41, 5.74) is 5.74. The van der Waals surface area contributed by atoms with Crippen LogP contribution in [0.4, 0.5) is 5.82 Å². The minimum atomic E-state index is -0.393. The summed E-state index contributed by atoms with van der Waals surface area (Å²) >= 11 is 1.04. The van der Waals surface area contributed by atoms with Gasteiger partial charge in [0.15, 0.2) is 17.5 Å². The Morgan fingerprint density at radius 1 is 1.42 bits per heavy atom. The van der Waals surface area contributed by atoms with Gasteiger partial charge in [-0.1, -0.05) is 11.8 Å². The van der Waals surface area contributed by atoms with Gasteiger partial charge in [0.05, 0.1) is 24.0 Å². The Labute approximate surface area is 140 Å². The molecule has 2 heterocycles. The Hall–Kier alpha value is -2.81. The third-order valence-corrected chi connectivity index (χ3v) is 4.21. The van der Waals surface area contributed by atoms with E-state index in [0.717, 1.165) is 17.8 Å². The number of nitrogen functional groups attached to an aromatic ring is 1. The predicted octanol–water partition coefficient (Wildman–Crippen LogP) is 0.911. The van der Waals surface area contributed by atoms with Gasteiger partial charge in [0, 0.05) is 12.1 Å². The van der Waals surface area contributed by atoms with Gasteiger partial charge in [0.25, 0.3) is 5.56 Å². The number of methoxy groups -OCH3 is 1. The van der Waals surface area contributed by atoms with E-state index in [0.29, 0.717) is 17.1 Å². The van der Waals surface area contributed by atoms with Crippen LogP contribution in [-0.4, -0.2) is 41.0 Å². The van der Waals surface area contributed by atoms with Crippen molar-refractivity contribution in [1.82, 2.24) is 9.97 Å². The number of rotatable bonds is 5. The summed E-state index contributed by atoms with van der Waals surface area (Å²) in [4.78, 5) is 42.0. The Balaban J connectivity index is 1.83. The smallest absolute Gasteiger partial charge is 0.253 e. The second-order valence-corrected chi connectivity index (χ2v) is 5.91. The highest BCUT2D eigenvalue weighted by Crippen LogP contribution is 2.33. The van der Waals surface area contributed by atoms with Crippen molar-refractivity contribution in [2.75, 3.05) is 25.2 Å². The largest absolute Gasteiger partial charge is 0.496 e. The Kier molecular flexibility index (Phi) is 4.26. The van der Waals surface area contributed by atoms with Crippen molar-refractivity contribution in [2.45, 2.75) is 5.16 Å². The highest BCUT2D eigenvalue weighted by molar-refractivity contribution is 7.99. The summed E-state index contributed by atoms with van der Waals surface area (Å²) in [7, 11) is 1.43. The van der Waals surface area contributed by atoms with Gasteiger partial charge < -0.3 is 20.2 Å². The molecule has 0 spiro atoms. The van der Waals surface area contributed by atoms with E-state index in [1.165, 1.54) is 19.2 Å². The van der Waals surface area contributed by atoms with Crippen LogP contribution in [0.5, 0.6) is 11.5 Å².